The molecule has 0 heterocycles. The number of amides is 3. The van der Waals surface area contributed by atoms with Crippen molar-refractivity contribution >= 4 is 17.6 Å². The van der Waals surface area contributed by atoms with Crippen LogP contribution in [0.25, 0.3) is 0 Å². The summed E-state index contributed by atoms with van der Waals surface area (Å²) in [5.74, 6) is -0.269. The molecule has 0 fully saturated rings. The van der Waals surface area contributed by atoms with Crippen molar-refractivity contribution < 1.29 is 9.59 Å². The number of rotatable bonds is 5. The van der Waals surface area contributed by atoms with Crippen molar-refractivity contribution in [3.05, 3.63) is 29.8 Å². The molecular formula is C15H24N4O2. The third-order valence-electron chi connectivity index (χ3n) is 2.54. The largest absolute Gasteiger partial charge is 0.350 e. The molecule has 21 heavy (non-hydrogen) atoms. The van der Waals surface area contributed by atoms with Gasteiger partial charge in [-0.25, -0.2) is 4.79 Å². The summed E-state index contributed by atoms with van der Waals surface area (Å²) in [4.78, 5) is 23.9. The minimum Gasteiger partial charge on any atom is -0.350 e. The van der Waals surface area contributed by atoms with Crippen molar-refractivity contribution in [2.24, 2.45) is 5.73 Å². The number of para-hydroxylation sites is 1. The van der Waals surface area contributed by atoms with E-state index < -0.39 is 5.54 Å². The third-order valence-corrected chi connectivity index (χ3v) is 2.54. The molecule has 0 aromatic heterocycles. The molecule has 3 amide bonds. The van der Waals surface area contributed by atoms with Crippen molar-refractivity contribution in [3.63, 3.8) is 0 Å². The van der Waals surface area contributed by atoms with Crippen LogP contribution < -0.4 is 21.7 Å². The number of anilines is 1. The molecular weight excluding hydrogens is 268 g/mol. The lowest BCUT2D eigenvalue weighted by Gasteiger charge is -2.19. The van der Waals surface area contributed by atoms with E-state index in [4.69, 9.17) is 5.73 Å². The van der Waals surface area contributed by atoms with Crippen LogP contribution in [0.5, 0.6) is 0 Å². The highest BCUT2D eigenvalue weighted by molar-refractivity contribution is 6.03. The molecule has 1 aromatic rings. The fraction of sp³-hybridized carbons (Fsp3) is 0.467. The second-order valence-corrected chi connectivity index (χ2v) is 5.97. The molecule has 116 valence electrons. The Hall–Kier alpha value is -2.08. The fourth-order valence-electron chi connectivity index (χ4n) is 1.61. The normalized spacial score (nSPS) is 11.1. The number of nitrogens with two attached hydrogens (primary N) is 1. The van der Waals surface area contributed by atoms with Crippen LogP contribution in [0.2, 0.25) is 0 Å². The highest BCUT2D eigenvalue weighted by atomic mass is 16.2. The Morgan fingerprint density at radius 2 is 1.86 bits per heavy atom. The van der Waals surface area contributed by atoms with E-state index in [1.54, 1.807) is 24.3 Å². The molecule has 0 saturated carbocycles. The maximum absolute atomic E-state index is 12.2. The van der Waals surface area contributed by atoms with Crippen molar-refractivity contribution in [2.45, 2.75) is 39.3 Å². The van der Waals surface area contributed by atoms with Crippen LogP contribution in [0.4, 0.5) is 10.5 Å². The number of urea groups is 1. The van der Waals surface area contributed by atoms with Crippen molar-refractivity contribution in [2.75, 3.05) is 11.9 Å². The Morgan fingerprint density at radius 1 is 1.24 bits per heavy atom. The molecule has 0 atom stereocenters. The molecule has 0 spiro atoms. The van der Waals surface area contributed by atoms with Gasteiger partial charge in [0.2, 0.25) is 0 Å². The van der Waals surface area contributed by atoms with Gasteiger partial charge in [-0.15, -0.1) is 0 Å². The molecule has 1 rings (SSSR count). The van der Waals surface area contributed by atoms with Crippen LogP contribution in [-0.2, 0) is 0 Å². The zero-order chi connectivity index (χ0) is 16.0. The van der Waals surface area contributed by atoms with Gasteiger partial charge in [0.05, 0.1) is 11.3 Å². The van der Waals surface area contributed by atoms with Crippen molar-refractivity contribution in [1.82, 2.24) is 10.6 Å². The van der Waals surface area contributed by atoms with E-state index in [1.165, 1.54) is 0 Å². The number of hydrogen-bond donors (Lipinski definition) is 4. The fourth-order valence-corrected chi connectivity index (χ4v) is 1.61. The van der Waals surface area contributed by atoms with Gasteiger partial charge in [0, 0.05) is 18.1 Å². The van der Waals surface area contributed by atoms with E-state index in [-0.39, 0.29) is 18.0 Å². The quantitative estimate of drug-likeness (QED) is 0.665. The van der Waals surface area contributed by atoms with Gasteiger partial charge in [-0.3, -0.25) is 4.79 Å². The van der Waals surface area contributed by atoms with E-state index in [0.29, 0.717) is 17.8 Å². The minimum absolute atomic E-state index is 0.0176. The lowest BCUT2D eigenvalue weighted by atomic mass is 10.1. The van der Waals surface area contributed by atoms with Gasteiger partial charge in [0.1, 0.15) is 0 Å². The van der Waals surface area contributed by atoms with E-state index in [1.807, 2.05) is 27.7 Å². The molecule has 0 unspecified atom stereocenters. The molecule has 6 nitrogen and oxygen atoms in total. The van der Waals surface area contributed by atoms with Gasteiger partial charge in [-0.2, -0.15) is 0 Å². The smallest absolute Gasteiger partial charge is 0.319 e. The number of benzene rings is 1. The van der Waals surface area contributed by atoms with Gasteiger partial charge in [0.15, 0.2) is 0 Å². The van der Waals surface area contributed by atoms with E-state index in [2.05, 4.69) is 16.0 Å². The molecule has 1 aromatic carbocycles. The Labute approximate surface area is 125 Å². The van der Waals surface area contributed by atoms with Crippen LogP contribution in [0.3, 0.4) is 0 Å². The van der Waals surface area contributed by atoms with Crippen LogP contribution >= 0.6 is 0 Å². The summed E-state index contributed by atoms with van der Waals surface area (Å²) in [6, 6.07) is 6.52. The first-order valence-electron chi connectivity index (χ1n) is 6.92. The van der Waals surface area contributed by atoms with E-state index in [9.17, 15) is 9.59 Å². The van der Waals surface area contributed by atoms with Crippen LogP contribution in [-0.4, -0.2) is 30.1 Å². The van der Waals surface area contributed by atoms with Gasteiger partial charge in [-0.05, 0) is 39.8 Å². The zero-order valence-corrected chi connectivity index (χ0v) is 13.0. The molecule has 5 N–H and O–H groups in total. The Bertz CT molecular complexity index is 507. The minimum atomic E-state index is -0.493. The standard InChI is InChI=1S/C15H24N4O2/c1-10(2)18-14(21)19-12-8-6-5-7-11(12)13(20)17-9-15(3,4)16/h5-8,10H,9,16H2,1-4H3,(H,17,20)(H2,18,19,21). The predicted octanol–water partition coefficient (Wildman–Crippen LogP) is 1.68. The maximum Gasteiger partial charge on any atom is 0.319 e. The SMILES string of the molecule is CC(C)NC(=O)Nc1ccccc1C(=O)NCC(C)(C)N. The second kappa shape index (κ2) is 7.08. The van der Waals surface area contributed by atoms with Crippen molar-refractivity contribution in [1.29, 1.82) is 0 Å². The molecule has 0 aliphatic carbocycles. The molecule has 0 bridgehead atoms. The average molecular weight is 292 g/mol. The average Bonchev–Trinajstić information content (AvgIpc) is 2.34. The summed E-state index contributed by atoms with van der Waals surface area (Å²) >= 11 is 0. The lowest BCUT2D eigenvalue weighted by Crippen LogP contribution is -2.45. The maximum atomic E-state index is 12.2. The third kappa shape index (κ3) is 6.27. The summed E-state index contributed by atoms with van der Waals surface area (Å²) in [5.41, 5.74) is 6.21. The van der Waals surface area contributed by atoms with Crippen molar-refractivity contribution in [3.8, 4) is 0 Å². The predicted molar refractivity (Wildman–Crippen MR) is 84.3 cm³/mol. The number of hydrogen-bond acceptors (Lipinski definition) is 3. The first-order chi connectivity index (χ1) is 9.69. The highest BCUT2D eigenvalue weighted by Crippen LogP contribution is 2.15. The molecule has 0 aliphatic rings. The number of carbonyl (C=O) groups excluding carboxylic acids is 2. The van der Waals surface area contributed by atoms with Gasteiger partial charge < -0.3 is 21.7 Å². The summed E-state index contributed by atoms with van der Waals surface area (Å²) in [6.45, 7) is 7.72. The molecule has 0 aliphatic heterocycles. The number of carbonyl (C=O) groups is 2. The summed E-state index contributed by atoms with van der Waals surface area (Å²) in [5, 5.41) is 8.15. The van der Waals surface area contributed by atoms with Gasteiger partial charge >= 0.3 is 6.03 Å². The Kier molecular flexibility index (Phi) is 5.72. The molecule has 0 saturated heterocycles. The van der Waals surface area contributed by atoms with Crippen LogP contribution in [0.1, 0.15) is 38.1 Å². The summed E-state index contributed by atoms with van der Waals surface area (Å²) in [7, 11) is 0. The van der Waals surface area contributed by atoms with Gasteiger partial charge in [0.25, 0.3) is 5.91 Å². The van der Waals surface area contributed by atoms with Gasteiger partial charge in [-0.1, -0.05) is 12.1 Å². The second-order valence-electron chi connectivity index (χ2n) is 5.97. The molecule has 6 heteroatoms. The highest BCUT2D eigenvalue weighted by Gasteiger charge is 2.16. The Morgan fingerprint density at radius 3 is 2.43 bits per heavy atom. The summed E-state index contributed by atoms with van der Waals surface area (Å²) < 4.78 is 0. The Balaban J connectivity index is 2.79. The zero-order valence-electron chi connectivity index (χ0n) is 13.0. The first kappa shape index (κ1) is 17.0. The van der Waals surface area contributed by atoms with Crippen LogP contribution in [0.15, 0.2) is 24.3 Å². The topological polar surface area (TPSA) is 96.2 Å². The lowest BCUT2D eigenvalue weighted by molar-refractivity contribution is 0.0947. The molecule has 0 radical (unpaired) electrons. The van der Waals surface area contributed by atoms with E-state index >= 15 is 0 Å². The summed E-state index contributed by atoms with van der Waals surface area (Å²) in [6.07, 6.45) is 0. The monoisotopic (exact) mass is 292 g/mol. The van der Waals surface area contributed by atoms with Crippen LogP contribution in [0, 0.1) is 0 Å². The number of nitrogens with one attached hydrogen (secondary N) is 3. The van der Waals surface area contributed by atoms with E-state index in [0.717, 1.165) is 0 Å². The first-order valence-corrected chi connectivity index (χ1v) is 6.92.